The smallest absolute Gasteiger partial charge is 0.322 e. The van der Waals surface area contributed by atoms with Crippen LogP contribution < -0.4 is 14.8 Å². The highest BCUT2D eigenvalue weighted by atomic mass is 32.2. The van der Waals surface area contributed by atoms with E-state index in [0.717, 1.165) is 67.0 Å². The molecule has 194 valence electrons. The number of benzene rings is 2. The van der Waals surface area contributed by atoms with Gasteiger partial charge in [-0.15, -0.1) is 0 Å². The van der Waals surface area contributed by atoms with E-state index in [4.69, 9.17) is 4.74 Å². The summed E-state index contributed by atoms with van der Waals surface area (Å²) in [5.74, 6) is -0.407. The monoisotopic (exact) mass is 517 g/mol. The predicted molar refractivity (Wildman–Crippen MR) is 135 cm³/mol. The van der Waals surface area contributed by atoms with Gasteiger partial charge in [0, 0.05) is 23.5 Å². The molecule has 0 unspecified atom stereocenters. The van der Waals surface area contributed by atoms with Crippen molar-refractivity contribution in [2.24, 2.45) is 5.92 Å². The summed E-state index contributed by atoms with van der Waals surface area (Å²) in [7, 11) is -4.15. The van der Waals surface area contributed by atoms with Crippen LogP contribution in [0.2, 0.25) is 0 Å². The van der Waals surface area contributed by atoms with E-state index in [-0.39, 0.29) is 11.3 Å². The maximum absolute atomic E-state index is 13.2. The summed E-state index contributed by atoms with van der Waals surface area (Å²) in [6.07, 6.45) is 7.39. The molecule has 0 bridgehead atoms. The lowest BCUT2D eigenvalue weighted by Gasteiger charge is -2.22. The van der Waals surface area contributed by atoms with Crippen molar-refractivity contribution < 1.29 is 27.4 Å². The summed E-state index contributed by atoms with van der Waals surface area (Å²) in [5, 5.41) is 13.8. The Kier molecular flexibility index (Phi) is 8.60. The van der Waals surface area contributed by atoms with Gasteiger partial charge in [-0.05, 0) is 92.7 Å². The number of carboxylic acids is 1. The number of fused-ring (bicyclic) bond motifs is 1. The lowest BCUT2D eigenvalue weighted by molar-refractivity contribution is -0.138. The molecule has 1 aliphatic rings. The Morgan fingerprint density at radius 3 is 2.61 bits per heavy atom. The molecule has 1 aromatic heterocycles. The van der Waals surface area contributed by atoms with Crippen molar-refractivity contribution in [3.8, 4) is 5.75 Å². The number of rotatable bonds is 12. The number of nitrogens with one attached hydrogen (secondary N) is 3. The highest BCUT2D eigenvalue weighted by Gasteiger charge is 2.26. The van der Waals surface area contributed by atoms with Gasteiger partial charge < -0.3 is 20.1 Å². The number of aromatic amines is 1. The average Bonchev–Trinajstić information content (AvgIpc) is 3.26. The number of unbranched alkanes of at least 4 members (excludes halogenated alkanes) is 1. The number of piperidine rings is 1. The number of halogens is 1. The van der Waals surface area contributed by atoms with Crippen LogP contribution in [0.1, 0.15) is 37.7 Å². The number of H-pyrrole nitrogens is 1. The molecule has 4 N–H and O–H groups in total. The van der Waals surface area contributed by atoms with E-state index in [1.807, 2.05) is 18.2 Å². The van der Waals surface area contributed by atoms with Crippen molar-refractivity contribution in [3.63, 3.8) is 0 Å². The van der Waals surface area contributed by atoms with Crippen LogP contribution in [0.25, 0.3) is 10.9 Å². The first-order valence-corrected chi connectivity index (χ1v) is 13.7. The predicted octanol–water partition coefficient (Wildman–Crippen LogP) is 3.83. The Bertz CT molecular complexity index is 1270. The molecule has 8 nitrogen and oxygen atoms in total. The second-order valence-corrected chi connectivity index (χ2v) is 10.9. The number of aromatic nitrogens is 1. The fourth-order valence-corrected chi connectivity index (χ4v) is 5.77. The zero-order valence-electron chi connectivity index (χ0n) is 20.0. The Balaban J connectivity index is 1.38. The standard InChI is InChI=1S/C26H32FN3O5S/c27-20-4-7-22(8-5-20)36(33,34)30-25(26(31)32)15-19-17-29-24-9-6-21(16-23(19)24)35-14-2-1-3-18-10-12-28-13-11-18/h4-9,16-18,25,28-30H,1-3,10-15H2,(H,31,32)/t25-/m0/s1. The van der Waals surface area contributed by atoms with Gasteiger partial charge in [-0.25, -0.2) is 12.8 Å². The van der Waals surface area contributed by atoms with Gasteiger partial charge in [0.15, 0.2) is 0 Å². The highest BCUT2D eigenvalue weighted by molar-refractivity contribution is 7.89. The average molecular weight is 518 g/mol. The summed E-state index contributed by atoms with van der Waals surface area (Å²) in [4.78, 5) is 14.8. The minimum Gasteiger partial charge on any atom is -0.494 e. The molecular weight excluding hydrogens is 485 g/mol. The SMILES string of the molecule is O=C(O)[C@H](Cc1c[nH]c2ccc(OCCCCC3CCNCC3)cc12)NS(=O)(=O)c1ccc(F)cc1. The van der Waals surface area contributed by atoms with Gasteiger partial charge in [0.2, 0.25) is 10.0 Å². The van der Waals surface area contributed by atoms with Crippen molar-refractivity contribution >= 4 is 26.9 Å². The Morgan fingerprint density at radius 2 is 1.89 bits per heavy atom. The van der Waals surface area contributed by atoms with Crippen molar-refractivity contribution in [2.45, 2.75) is 49.5 Å². The molecule has 0 saturated carbocycles. The summed E-state index contributed by atoms with van der Waals surface area (Å²) in [6, 6.07) is 8.39. The van der Waals surface area contributed by atoms with Gasteiger partial charge in [-0.3, -0.25) is 4.79 Å². The largest absolute Gasteiger partial charge is 0.494 e. The van der Waals surface area contributed by atoms with Crippen LogP contribution in [0.4, 0.5) is 4.39 Å². The molecule has 1 saturated heterocycles. The van der Waals surface area contributed by atoms with Crippen molar-refractivity contribution in [1.29, 1.82) is 0 Å². The number of carboxylic acid groups (broad SMARTS) is 1. The fraction of sp³-hybridized carbons (Fsp3) is 0.423. The Morgan fingerprint density at radius 1 is 1.14 bits per heavy atom. The summed E-state index contributed by atoms with van der Waals surface area (Å²) >= 11 is 0. The minimum atomic E-state index is -4.15. The lowest BCUT2D eigenvalue weighted by atomic mass is 9.93. The van der Waals surface area contributed by atoms with Gasteiger partial charge in [-0.1, -0.05) is 6.42 Å². The molecule has 2 heterocycles. The topological polar surface area (TPSA) is 121 Å². The summed E-state index contributed by atoms with van der Waals surface area (Å²) in [5.41, 5.74) is 1.45. The normalized spacial score (nSPS) is 15.7. The van der Waals surface area contributed by atoms with Crippen LogP contribution in [0.15, 0.2) is 53.6 Å². The van der Waals surface area contributed by atoms with E-state index in [2.05, 4.69) is 15.0 Å². The van der Waals surface area contributed by atoms with E-state index >= 15 is 0 Å². The highest BCUT2D eigenvalue weighted by Crippen LogP contribution is 2.26. The third kappa shape index (κ3) is 6.83. The third-order valence-corrected chi connectivity index (χ3v) is 8.10. The lowest BCUT2D eigenvalue weighted by Crippen LogP contribution is -2.42. The van der Waals surface area contributed by atoms with Crippen molar-refractivity contribution in [3.05, 3.63) is 60.0 Å². The second-order valence-electron chi connectivity index (χ2n) is 9.23. The van der Waals surface area contributed by atoms with E-state index < -0.39 is 27.9 Å². The first-order chi connectivity index (χ1) is 17.3. The second kappa shape index (κ2) is 11.9. The molecule has 36 heavy (non-hydrogen) atoms. The molecule has 0 spiro atoms. The maximum atomic E-state index is 13.2. The maximum Gasteiger partial charge on any atom is 0.322 e. The molecule has 0 radical (unpaired) electrons. The third-order valence-electron chi connectivity index (χ3n) is 6.62. The first kappa shape index (κ1) is 26.1. The number of carbonyl (C=O) groups is 1. The van der Waals surface area contributed by atoms with Gasteiger partial charge in [0.05, 0.1) is 11.5 Å². The van der Waals surface area contributed by atoms with E-state index in [1.54, 1.807) is 6.20 Å². The van der Waals surface area contributed by atoms with Crippen molar-refractivity contribution in [1.82, 2.24) is 15.0 Å². The van der Waals surface area contributed by atoms with Gasteiger partial charge >= 0.3 is 5.97 Å². The molecule has 2 aromatic carbocycles. The van der Waals surface area contributed by atoms with Crippen LogP contribution in [0.5, 0.6) is 5.75 Å². The fourth-order valence-electron chi connectivity index (χ4n) is 4.58. The molecule has 0 aliphatic carbocycles. The number of hydrogen-bond donors (Lipinski definition) is 4. The number of aliphatic carboxylic acids is 1. The van der Waals surface area contributed by atoms with E-state index in [9.17, 15) is 22.7 Å². The van der Waals surface area contributed by atoms with E-state index in [1.165, 1.54) is 19.3 Å². The number of hydrogen-bond acceptors (Lipinski definition) is 5. The first-order valence-electron chi connectivity index (χ1n) is 12.3. The van der Waals surface area contributed by atoms with E-state index in [0.29, 0.717) is 17.9 Å². The van der Waals surface area contributed by atoms with Crippen LogP contribution in [-0.4, -0.2) is 50.2 Å². The number of ether oxygens (including phenoxy) is 1. The quantitative estimate of drug-likeness (QED) is 0.271. The molecule has 1 fully saturated rings. The molecule has 10 heteroatoms. The summed E-state index contributed by atoms with van der Waals surface area (Å²) in [6.45, 7) is 2.82. The van der Waals surface area contributed by atoms with Gasteiger partial charge in [0.25, 0.3) is 0 Å². The van der Waals surface area contributed by atoms with Gasteiger partial charge in [0.1, 0.15) is 17.6 Å². The van der Waals surface area contributed by atoms with Crippen LogP contribution >= 0.6 is 0 Å². The van der Waals surface area contributed by atoms with Crippen LogP contribution in [-0.2, 0) is 21.2 Å². The van der Waals surface area contributed by atoms with Crippen LogP contribution in [0.3, 0.4) is 0 Å². The summed E-state index contributed by atoms with van der Waals surface area (Å²) < 4.78 is 46.6. The minimum absolute atomic E-state index is 0.0740. The molecular formula is C26H32FN3O5S. The zero-order chi connectivity index (χ0) is 25.5. The van der Waals surface area contributed by atoms with Gasteiger partial charge in [-0.2, -0.15) is 4.72 Å². The van der Waals surface area contributed by atoms with Crippen molar-refractivity contribution in [2.75, 3.05) is 19.7 Å². The zero-order valence-corrected chi connectivity index (χ0v) is 20.8. The molecule has 4 rings (SSSR count). The molecule has 0 amide bonds. The molecule has 1 aliphatic heterocycles. The van der Waals surface area contributed by atoms with Crippen LogP contribution in [0, 0.1) is 11.7 Å². The Labute approximate surface area is 210 Å². The number of sulfonamides is 1. The molecule has 3 aromatic rings. The molecule has 1 atom stereocenters. The Hall–Kier alpha value is -2.95.